The van der Waals surface area contributed by atoms with E-state index in [1.54, 1.807) is 0 Å². The number of carboxylic acid groups (broad SMARTS) is 1. The highest BCUT2D eigenvalue weighted by Gasteiger charge is 2.28. The molecule has 0 amide bonds. The number of hydrogen-bond acceptors (Lipinski definition) is 4. The van der Waals surface area contributed by atoms with Crippen LogP contribution >= 0.6 is 15.9 Å². The van der Waals surface area contributed by atoms with Gasteiger partial charge in [0.2, 0.25) is 0 Å². The molecule has 2 aromatic rings. The number of aliphatic carboxylic acids is 1. The first-order chi connectivity index (χ1) is 11.7. The Kier molecular flexibility index (Phi) is 5.63. The lowest BCUT2D eigenvalue weighted by molar-refractivity contribution is -0.135. The summed E-state index contributed by atoms with van der Waals surface area (Å²) in [5.74, 6) is -3.56. The van der Waals surface area contributed by atoms with Crippen molar-refractivity contribution < 1.29 is 31.8 Å². The molecule has 0 saturated carbocycles. The van der Waals surface area contributed by atoms with Gasteiger partial charge in [0.15, 0.2) is 11.6 Å². The van der Waals surface area contributed by atoms with Crippen LogP contribution in [0.5, 0.6) is 5.75 Å². The molecule has 10 heteroatoms. The number of hydrogen-bond donors (Lipinski definition) is 1. The molecule has 0 radical (unpaired) electrons. The molecule has 0 fully saturated rings. The summed E-state index contributed by atoms with van der Waals surface area (Å²) in [5.41, 5.74) is -0.312. The van der Waals surface area contributed by atoms with E-state index in [1.165, 1.54) is 25.3 Å². The Hall–Kier alpha value is -2.20. The van der Waals surface area contributed by atoms with Crippen molar-refractivity contribution in [3.8, 4) is 5.75 Å². The van der Waals surface area contributed by atoms with Crippen LogP contribution in [0.15, 0.2) is 45.8 Å². The zero-order valence-corrected chi connectivity index (χ0v) is 15.1. The molecule has 0 bridgehead atoms. The van der Waals surface area contributed by atoms with Gasteiger partial charge in [-0.1, -0.05) is 0 Å². The Balaban J connectivity index is 2.57. The van der Waals surface area contributed by atoms with E-state index in [0.29, 0.717) is 20.6 Å². The number of carbonyl (C=O) groups is 1. The molecule has 0 aliphatic heterocycles. The highest BCUT2D eigenvalue weighted by atomic mass is 79.9. The first-order valence-electron chi connectivity index (χ1n) is 6.70. The molecule has 0 heterocycles. The van der Waals surface area contributed by atoms with Crippen molar-refractivity contribution >= 4 is 37.6 Å². The van der Waals surface area contributed by atoms with Crippen molar-refractivity contribution in [3.63, 3.8) is 0 Å². The first kappa shape index (κ1) is 19.1. The Morgan fingerprint density at radius 2 is 1.88 bits per heavy atom. The number of rotatable bonds is 6. The number of halogens is 3. The Morgan fingerprint density at radius 1 is 1.20 bits per heavy atom. The summed E-state index contributed by atoms with van der Waals surface area (Å²) < 4.78 is 58.0. The number of methoxy groups -OCH3 is 1. The van der Waals surface area contributed by atoms with Gasteiger partial charge in [-0.2, -0.15) is 0 Å². The molecular weight excluding hydrogens is 424 g/mol. The predicted octanol–water partition coefficient (Wildman–Crippen LogP) is 3.02. The Bertz CT molecular complexity index is 920. The molecule has 2 aromatic carbocycles. The summed E-state index contributed by atoms with van der Waals surface area (Å²) in [7, 11) is -2.95. The van der Waals surface area contributed by atoms with E-state index in [4.69, 9.17) is 9.84 Å². The number of anilines is 1. The van der Waals surface area contributed by atoms with Gasteiger partial charge in [0.1, 0.15) is 12.3 Å². The summed E-state index contributed by atoms with van der Waals surface area (Å²) in [6.45, 7) is -0.961. The molecule has 6 nitrogen and oxygen atoms in total. The van der Waals surface area contributed by atoms with E-state index < -0.39 is 34.2 Å². The highest BCUT2D eigenvalue weighted by molar-refractivity contribution is 9.10. The van der Waals surface area contributed by atoms with Gasteiger partial charge in [0, 0.05) is 6.07 Å². The van der Waals surface area contributed by atoms with Crippen LogP contribution in [0.3, 0.4) is 0 Å². The van der Waals surface area contributed by atoms with Crippen molar-refractivity contribution in [3.05, 3.63) is 52.5 Å². The molecule has 0 unspecified atom stereocenters. The average Bonchev–Trinajstić information content (AvgIpc) is 2.55. The lowest BCUT2D eigenvalue weighted by atomic mass is 10.3. The van der Waals surface area contributed by atoms with Crippen LogP contribution in [0.2, 0.25) is 0 Å². The summed E-state index contributed by atoms with van der Waals surface area (Å²) in [5, 5.41) is 9.01. The molecule has 0 spiro atoms. The number of nitrogens with zero attached hydrogens (tertiary/aromatic N) is 1. The van der Waals surface area contributed by atoms with Gasteiger partial charge < -0.3 is 9.84 Å². The highest BCUT2D eigenvalue weighted by Crippen LogP contribution is 2.31. The fourth-order valence-corrected chi connectivity index (χ4v) is 4.14. The first-order valence-corrected chi connectivity index (χ1v) is 8.93. The number of carboxylic acids is 1. The van der Waals surface area contributed by atoms with Crippen molar-refractivity contribution in [2.45, 2.75) is 4.90 Å². The number of sulfonamides is 1. The zero-order chi connectivity index (χ0) is 18.8. The van der Waals surface area contributed by atoms with Crippen LogP contribution < -0.4 is 9.04 Å². The Labute approximate surface area is 150 Å². The van der Waals surface area contributed by atoms with Crippen LogP contribution in [0.4, 0.5) is 14.5 Å². The van der Waals surface area contributed by atoms with Crippen LogP contribution in [-0.4, -0.2) is 33.1 Å². The van der Waals surface area contributed by atoms with Gasteiger partial charge in [0.25, 0.3) is 10.0 Å². The SMILES string of the molecule is COc1ccc(S(=O)(=O)N(CC(=O)O)c2ccc(F)c(F)c2)cc1Br. The molecule has 0 aromatic heterocycles. The molecule has 134 valence electrons. The zero-order valence-electron chi connectivity index (χ0n) is 12.7. The Morgan fingerprint density at radius 3 is 2.40 bits per heavy atom. The molecule has 2 rings (SSSR count). The van der Waals surface area contributed by atoms with Crippen molar-refractivity contribution in [1.29, 1.82) is 0 Å². The topological polar surface area (TPSA) is 83.9 Å². The van der Waals surface area contributed by atoms with Gasteiger partial charge in [-0.15, -0.1) is 0 Å². The van der Waals surface area contributed by atoms with E-state index in [2.05, 4.69) is 15.9 Å². The molecular formula is C15H12BrF2NO5S. The third-order valence-corrected chi connectivity index (χ3v) is 5.57. The van der Waals surface area contributed by atoms with Crippen LogP contribution in [0, 0.1) is 11.6 Å². The van der Waals surface area contributed by atoms with Crippen molar-refractivity contribution in [2.24, 2.45) is 0 Å². The number of benzene rings is 2. The molecule has 25 heavy (non-hydrogen) atoms. The fraction of sp³-hybridized carbons (Fsp3) is 0.133. The monoisotopic (exact) mass is 435 g/mol. The van der Waals surface area contributed by atoms with Crippen molar-refractivity contribution in [2.75, 3.05) is 18.0 Å². The standard InChI is InChI=1S/C15H12BrF2NO5S/c1-24-14-5-3-10(7-11(14)16)25(22,23)19(8-15(20)21)9-2-4-12(17)13(18)6-9/h2-7H,8H2,1H3,(H,20,21). The lowest BCUT2D eigenvalue weighted by Gasteiger charge is -2.23. The largest absolute Gasteiger partial charge is 0.496 e. The fourth-order valence-electron chi connectivity index (χ4n) is 2.01. The third-order valence-electron chi connectivity index (χ3n) is 3.18. The maximum absolute atomic E-state index is 13.5. The lowest BCUT2D eigenvalue weighted by Crippen LogP contribution is -2.35. The molecule has 0 atom stereocenters. The number of ether oxygens (including phenoxy) is 1. The van der Waals surface area contributed by atoms with E-state index in [0.717, 1.165) is 12.1 Å². The molecule has 0 saturated heterocycles. The molecule has 1 N–H and O–H groups in total. The van der Waals surface area contributed by atoms with E-state index >= 15 is 0 Å². The summed E-state index contributed by atoms with van der Waals surface area (Å²) >= 11 is 3.14. The third kappa shape index (κ3) is 4.07. The van der Waals surface area contributed by atoms with Gasteiger partial charge >= 0.3 is 5.97 Å². The normalized spacial score (nSPS) is 11.2. The predicted molar refractivity (Wildman–Crippen MR) is 89.2 cm³/mol. The minimum absolute atomic E-state index is 0.244. The minimum atomic E-state index is -4.35. The van der Waals surface area contributed by atoms with Gasteiger partial charge in [-0.05, 0) is 46.3 Å². The quantitative estimate of drug-likeness (QED) is 0.753. The van der Waals surface area contributed by atoms with Crippen LogP contribution in [-0.2, 0) is 14.8 Å². The molecule has 0 aliphatic rings. The minimum Gasteiger partial charge on any atom is -0.496 e. The maximum atomic E-state index is 13.5. The average molecular weight is 436 g/mol. The van der Waals surface area contributed by atoms with Crippen LogP contribution in [0.1, 0.15) is 0 Å². The van der Waals surface area contributed by atoms with E-state index in [1.807, 2.05) is 0 Å². The van der Waals surface area contributed by atoms with E-state index in [-0.39, 0.29) is 10.6 Å². The van der Waals surface area contributed by atoms with Crippen molar-refractivity contribution in [1.82, 2.24) is 0 Å². The summed E-state index contributed by atoms with van der Waals surface area (Å²) in [6, 6.07) is 6.14. The molecule has 0 aliphatic carbocycles. The van der Waals surface area contributed by atoms with E-state index in [9.17, 15) is 22.0 Å². The summed E-state index contributed by atoms with van der Waals surface area (Å²) in [4.78, 5) is 10.8. The second-order valence-electron chi connectivity index (χ2n) is 4.80. The van der Waals surface area contributed by atoms with Gasteiger partial charge in [0.05, 0.1) is 22.2 Å². The van der Waals surface area contributed by atoms with Gasteiger partial charge in [-0.25, -0.2) is 17.2 Å². The maximum Gasteiger partial charge on any atom is 0.324 e. The second kappa shape index (κ2) is 7.36. The van der Waals surface area contributed by atoms with Gasteiger partial charge in [-0.3, -0.25) is 9.10 Å². The smallest absolute Gasteiger partial charge is 0.324 e. The van der Waals surface area contributed by atoms with Crippen LogP contribution in [0.25, 0.3) is 0 Å². The second-order valence-corrected chi connectivity index (χ2v) is 7.52. The summed E-state index contributed by atoms with van der Waals surface area (Å²) in [6.07, 6.45) is 0.